The molecule has 1 amide bonds. The standard InChI is InChI=1S/C14H14N2O2S/c1-10-4-6-11(7-5-10)9-15-14(19)16-13(17)12-3-2-8-18-12/h2-8H,9H2,1H3,(H2,15,16,17,19). The molecule has 5 heteroatoms. The third-order valence-corrected chi connectivity index (χ3v) is 2.79. The van der Waals surface area contributed by atoms with Crippen LogP contribution in [0.1, 0.15) is 21.7 Å². The molecule has 2 rings (SSSR count). The van der Waals surface area contributed by atoms with Crippen LogP contribution >= 0.6 is 12.2 Å². The van der Waals surface area contributed by atoms with E-state index in [2.05, 4.69) is 10.6 Å². The molecule has 1 heterocycles. The Kier molecular flexibility index (Phi) is 4.30. The molecule has 0 unspecified atom stereocenters. The number of rotatable bonds is 3. The first-order valence-corrected chi connectivity index (χ1v) is 6.24. The summed E-state index contributed by atoms with van der Waals surface area (Å²) < 4.78 is 4.97. The number of aryl methyl sites for hydroxylation is 1. The smallest absolute Gasteiger partial charge is 0.293 e. The molecular weight excluding hydrogens is 260 g/mol. The zero-order valence-corrected chi connectivity index (χ0v) is 11.3. The van der Waals surface area contributed by atoms with Crippen molar-refractivity contribution in [1.29, 1.82) is 0 Å². The van der Waals surface area contributed by atoms with Crippen molar-refractivity contribution in [3.05, 3.63) is 59.5 Å². The highest BCUT2D eigenvalue weighted by Gasteiger charge is 2.09. The molecule has 0 bridgehead atoms. The Hall–Kier alpha value is -2.14. The van der Waals surface area contributed by atoms with Gasteiger partial charge in [-0.05, 0) is 36.8 Å². The second-order valence-electron chi connectivity index (χ2n) is 4.10. The van der Waals surface area contributed by atoms with E-state index in [9.17, 15) is 4.79 Å². The second kappa shape index (κ2) is 6.15. The van der Waals surface area contributed by atoms with Crippen LogP contribution in [0.15, 0.2) is 47.1 Å². The monoisotopic (exact) mass is 274 g/mol. The van der Waals surface area contributed by atoms with Crippen molar-refractivity contribution in [2.24, 2.45) is 0 Å². The van der Waals surface area contributed by atoms with Crippen molar-refractivity contribution in [2.75, 3.05) is 0 Å². The van der Waals surface area contributed by atoms with E-state index in [1.54, 1.807) is 12.1 Å². The van der Waals surface area contributed by atoms with Crippen molar-refractivity contribution >= 4 is 23.2 Å². The number of furan rings is 1. The van der Waals surface area contributed by atoms with Gasteiger partial charge < -0.3 is 9.73 Å². The minimum atomic E-state index is -0.355. The summed E-state index contributed by atoms with van der Waals surface area (Å²) in [5, 5.41) is 5.80. The van der Waals surface area contributed by atoms with Gasteiger partial charge in [0.2, 0.25) is 0 Å². The van der Waals surface area contributed by atoms with Gasteiger partial charge in [0, 0.05) is 6.54 Å². The number of benzene rings is 1. The Labute approximate surface area is 116 Å². The van der Waals surface area contributed by atoms with Crippen molar-refractivity contribution in [3.63, 3.8) is 0 Å². The molecule has 0 saturated heterocycles. The number of carbonyl (C=O) groups is 1. The average molecular weight is 274 g/mol. The minimum Gasteiger partial charge on any atom is -0.459 e. The van der Waals surface area contributed by atoms with Crippen LogP contribution in [0.2, 0.25) is 0 Å². The summed E-state index contributed by atoms with van der Waals surface area (Å²) in [6.07, 6.45) is 1.44. The van der Waals surface area contributed by atoms with Crippen molar-refractivity contribution in [3.8, 4) is 0 Å². The predicted molar refractivity (Wildman–Crippen MR) is 76.8 cm³/mol. The molecule has 0 aliphatic heterocycles. The van der Waals surface area contributed by atoms with Crippen LogP contribution < -0.4 is 10.6 Å². The quantitative estimate of drug-likeness (QED) is 0.844. The Morgan fingerprint density at radius 2 is 2.00 bits per heavy atom. The summed E-state index contributed by atoms with van der Waals surface area (Å²) in [6.45, 7) is 2.60. The molecule has 98 valence electrons. The first kappa shape index (κ1) is 13.3. The predicted octanol–water partition coefficient (Wildman–Crippen LogP) is 2.39. The van der Waals surface area contributed by atoms with Gasteiger partial charge in [0.05, 0.1) is 6.26 Å². The van der Waals surface area contributed by atoms with Crippen LogP contribution in [0.25, 0.3) is 0 Å². The number of nitrogens with one attached hydrogen (secondary N) is 2. The molecule has 19 heavy (non-hydrogen) atoms. The average Bonchev–Trinajstić information content (AvgIpc) is 2.92. The highest BCUT2D eigenvalue weighted by atomic mass is 32.1. The van der Waals surface area contributed by atoms with Gasteiger partial charge in [-0.3, -0.25) is 10.1 Å². The number of thiocarbonyl (C=S) groups is 1. The van der Waals surface area contributed by atoms with Crippen LogP contribution in [0.4, 0.5) is 0 Å². The van der Waals surface area contributed by atoms with Gasteiger partial charge in [-0.15, -0.1) is 0 Å². The number of hydrogen-bond donors (Lipinski definition) is 2. The maximum Gasteiger partial charge on any atom is 0.293 e. The highest BCUT2D eigenvalue weighted by molar-refractivity contribution is 7.80. The molecule has 2 N–H and O–H groups in total. The number of hydrogen-bond acceptors (Lipinski definition) is 3. The van der Waals surface area contributed by atoms with E-state index >= 15 is 0 Å². The van der Waals surface area contributed by atoms with Gasteiger partial charge in [0.25, 0.3) is 5.91 Å². The van der Waals surface area contributed by atoms with Crippen molar-refractivity contribution in [1.82, 2.24) is 10.6 Å². The first-order chi connectivity index (χ1) is 9.15. The fourth-order valence-corrected chi connectivity index (χ4v) is 1.67. The summed E-state index contributed by atoms with van der Waals surface area (Å²) in [7, 11) is 0. The minimum absolute atomic E-state index is 0.236. The molecule has 4 nitrogen and oxygen atoms in total. The Morgan fingerprint density at radius 1 is 1.26 bits per heavy atom. The topological polar surface area (TPSA) is 54.3 Å². The molecule has 0 aliphatic carbocycles. The van der Waals surface area contributed by atoms with Crippen LogP contribution in [0.5, 0.6) is 0 Å². The van der Waals surface area contributed by atoms with Gasteiger partial charge in [-0.1, -0.05) is 29.8 Å². The van der Waals surface area contributed by atoms with Crippen molar-refractivity contribution in [2.45, 2.75) is 13.5 Å². The zero-order valence-electron chi connectivity index (χ0n) is 10.5. The van der Waals surface area contributed by atoms with Crippen LogP contribution in [-0.4, -0.2) is 11.0 Å². The highest BCUT2D eigenvalue weighted by Crippen LogP contribution is 2.02. The lowest BCUT2D eigenvalue weighted by Crippen LogP contribution is -2.38. The van der Waals surface area contributed by atoms with E-state index in [0.29, 0.717) is 6.54 Å². The molecule has 1 aromatic heterocycles. The molecule has 2 aromatic rings. The second-order valence-corrected chi connectivity index (χ2v) is 4.51. The normalized spacial score (nSPS) is 9.95. The van der Waals surface area contributed by atoms with Gasteiger partial charge in [-0.25, -0.2) is 0 Å². The van der Waals surface area contributed by atoms with E-state index in [4.69, 9.17) is 16.6 Å². The van der Waals surface area contributed by atoms with E-state index in [-0.39, 0.29) is 16.8 Å². The number of amides is 1. The van der Waals surface area contributed by atoms with E-state index < -0.39 is 0 Å². The molecule has 0 spiro atoms. The lowest BCUT2D eigenvalue weighted by molar-refractivity contribution is 0.0949. The van der Waals surface area contributed by atoms with Crippen molar-refractivity contribution < 1.29 is 9.21 Å². The third-order valence-electron chi connectivity index (χ3n) is 2.55. The van der Waals surface area contributed by atoms with E-state index in [0.717, 1.165) is 5.56 Å². The third kappa shape index (κ3) is 3.93. The molecule has 0 aliphatic rings. The van der Waals surface area contributed by atoms with Gasteiger partial charge in [0.1, 0.15) is 0 Å². The summed E-state index contributed by atoms with van der Waals surface area (Å²) in [4.78, 5) is 11.6. The van der Waals surface area contributed by atoms with E-state index in [1.807, 2.05) is 31.2 Å². The molecule has 0 fully saturated rings. The molecule has 1 aromatic carbocycles. The summed E-state index contributed by atoms with van der Waals surface area (Å²) in [6, 6.07) is 11.3. The molecule has 0 radical (unpaired) electrons. The SMILES string of the molecule is Cc1ccc(CNC(=S)NC(=O)c2ccco2)cc1. The van der Waals surface area contributed by atoms with E-state index in [1.165, 1.54) is 11.8 Å². The van der Waals surface area contributed by atoms with Gasteiger partial charge in [-0.2, -0.15) is 0 Å². The fraction of sp³-hybridized carbons (Fsp3) is 0.143. The summed E-state index contributed by atoms with van der Waals surface area (Å²) in [5.41, 5.74) is 2.30. The summed E-state index contributed by atoms with van der Waals surface area (Å²) in [5.74, 6) is -0.120. The molecular formula is C14H14N2O2S. The largest absolute Gasteiger partial charge is 0.459 e. The maximum absolute atomic E-state index is 11.6. The lowest BCUT2D eigenvalue weighted by Gasteiger charge is -2.08. The molecule has 0 atom stereocenters. The van der Waals surface area contributed by atoms with Crippen LogP contribution in [0, 0.1) is 6.92 Å². The van der Waals surface area contributed by atoms with Crippen LogP contribution in [-0.2, 0) is 6.54 Å². The van der Waals surface area contributed by atoms with Gasteiger partial charge >= 0.3 is 0 Å². The zero-order chi connectivity index (χ0) is 13.7. The Balaban J connectivity index is 1.82. The lowest BCUT2D eigenvalue weighted by atomic mass is 10.1. The maximum atomic E-state index is 11.6. The van der Waals surface area contributed by atoms with Crippen LogP contribution in [0.3, 0.4) is 0 Å². The first-order valence-electron chi connectivity index (χ1n) is 5.83. The summed E-state index contributed by atoms with van der Waals surface area (Å²) >= 11 is 5.04. The number of carbonyl (C=O) groups excluding carboxylic acids is 1. The fourth-order valence-electron chi connectivity index (χ4n) is 1.50. The van der Waals surface area contributed by atoms with Gasteiger partial charge in [0.15, 0.2) is 10.9 Å². The Morgan fingerprint density at radius 3 is 2.63 bits per heavy atom. The Bertz CT molecular complexity index is 562. The molecule has 0 saturated carbocycles.